The van der Waals surface area contributed by atoms with Crippen molar-refractivity contribution in [1.82, 2.24) is 4.90 Å². The number of likely N-dealkylation sites (tertiary alicyclic amines) is 1. The minimum absolute atomic E-state index is 0.251. The molecule has 1 aliphatic heterocycles. The number of carbonyl (C=O) groups is 1. The minimum atomic E-state index is -0.381. The molecule has 70 valence electrons. The molecule has 0 saturated carbocycles. The van der Waals surface area contributed by atoms with Gasteiger partial charge in [-0.05, 0) is 36.8 Å². The van der Waals surface area contributed by atoms with E-state index < -0.39 is 0 Å². The van der Waals surface area contributed by atoms with Crippen LogP contribution in [0.5, 0.6) is 0 Å². The average molecular weight is 194 g/mol. The molecule has 1 aliphatic rings. The van der Waals surface area contributed by atoms with Crippen LogP contribution in [0.1, 0.15) is 19.3 Å². The van der Waals surface area contributed by atoms with E-state index in [1.54, 1.807) is 4.90 Å². The lowest BCUT2D eigenvalue weighted by atomic mass is 9.94. The number of hydrogen-bond donors (Lipinski definition) is 0. The third kappa shape index (κ3) is 2.63. The van der Waals surface area contributed by atoms with Gasteiger partial charge >= 0.3 is 5.37 Å². The number of rotatable bonds is 2. The first-order chi connectivity index (χ1) is 5.74. The Morgan fingerprint density at radius 1 is 1.50 bits per heavy atom. The van der Waals surface area contributed by atoms with E-state index in [2.05, 4.69) is 0 Å². The molecular formula is C8H13ClFNO. The third-order valence-corrected chi connectivity index (χ3v) is 2.62. The number of carbonyl (C=O) groups excluding carboxylic acids is 1. The van der Waals surface area contributed by atoms with E-state index in [1.807, 2.05) is 0 Å². The lowest BCUT2D eigenvalue weighted by molar-refractivity contribution is 0.185. The van der Waals surface area contributed by atoms with E-state index in [4.69, 9.17) is 11.6 Å². The summed E-state index contributed by atoms with van der Waals surface area (Å²) >= 11 is 5.29. The van der Waals surface area contributed by atoms with Gasteiger partial charge in [0.15, 0.2) is 0 Å². The van der Waals surface area contributed by atoms with Crippen LogP contribution in [0.3, 0.4) is 0 Å². The van der Waals surface area contributed by atoms with E-state index in [9.17, 15) is 9.18 Å². The Kier molecular flexibility index (Phi) is 3.79. The van der Waals surface area contributed by atoms with Gasteiger partial charge in [-0.3, -0.25) is 9.18 Å². The molecule has 0 radical (unpaired) electrons. The zero-order chi connectivity index (χ0) is 8.97. The summed E-state index contributed by atoms with van der Waals surface area (Å²) in [5, 5.41) is -0.381. The molecule has 0 aromatic rings. The number of hydrogen-bond acceptors (Lipinski definition) is 1. The van der Waals surface area contributed by atoms with Crippen molar-refractivity contribution in [2.45, 2.75) is 19.3 Å². The summed E-state index contributed by atoms with van der Waals surface area (Å²) in [5.74, 6) is 0.447. The van der Waals surface area contributed by atoms with Crippen molar-refractivity contribution in [1.29, 1.82) is 0 Å². The molecule has 0 atom stereocenters. The van der Waals surface area contributed by atoms with Crippen molar-refractivity contribution in [3.05, 3.63) is 0 Å². The molecule has 1 rings (SSSR count). The lowest BCUT2D eigenvalue weighted by Crippen LogP contribution is -2.35. The largest absolute Gasteiger partial charge is 0.329 e. The molecular weight excluding hydrogens is 181 g/mol. The summed E-state index contributed by atoms with van der Waals surface area (Å²) in [6.07, 6.45) is 2.41. The van der Waals surface area contributed by atoms with E-state index >= 15 is 0 Å². The highest BCUT2D eigenvalue weighted by atomic mass is 35.5. The fourth-order valence-corrected chi connectivity index (χ4v) is 1.72. The molecule has 0 unspecified atom stereocenters. The molecule has 4 heteroatoms. The zero-order valence-corrected chi connectivity index (χ0v) is 7.69. The molecule has 0 N–H and O–H groups in total. The molecule has 0 aromatic heterocycles. The Morgan fingerprint density at radius 3 is 2.50 bits per heavy atom. The van der Waals surface area contributed by atoms with E-state index in [0.717, 1.165) is 12.8 Å². The van der Waals surface area contributed by atoms with Gasteiger partial charge in [0.1, 0.15) is 0 Å². The number of alkyl halides is 1. The van der Waals surface area contributed by atoms with Gasteiger partial charge in [-0.1, -0.05) is 0 Å². The molecule has 2 nitrogen and oxygen atoms in total. The first-order valence-electron chi connectivity index (χ1n) is 4.24. The number of amides is 1. The number of halogens is 2. The number of piperidine rings is 1. The van der Waals surface area contributed by atoms with Crippen molar-refractivity contribution >= 4 is 17.0 Å². The lowest BCUT2D eigenvalue weighted by Gasteiger charge is -2.29. The monoisotopic (exact) mass is 193 g/mol. The summed E-state index contributed by atoms with van der Waals surface area (Å²) < 4.78 is 11.9. The van der Waals surface area contributed by atoms with Crippen LogP contribution >= 0.6 is 11.6 Å². The van der Waals surface area contributed by atoms with Crippen LogP contribution in [-0.4, -0.2) is 30.0 Å². The highest BCUT2D eigenvalue weighted by Crippen LogP contribution is 2.21. The van der Waals surface area contributed by atoms with Crippen molar-refractivity contribution in [3.63, 3.8) is 0 Å². The highest BCUT2D eigenvalue weighted by Gasteiger charge is 2.20. The van der Waals surface area contributed by atoms with Crippen molar-refractivity contribution in [2.24, 2.45) is 5.92 Å². The maximum absolute atomic E-state index is 11.9. The summed E-state index contributed by atoms with van der Waals surface area (Å²) in [7, 11) is 0. The molecule has 1 saturated heterocycles. The maximum Gasteiger partial charge on any atom is 0.316 e. The van der Waals surface area contributed by atoms with Crippen molar-refractivity contribution in [3.8, 4) is 0 Å². The molecule has 1 fully saturated rings. The van der Waals surface area contributed by atoms with Crippen molar-refractivity contribution in [2.75, 3.05) is 19.8 Å². The Hall–Kier alpha value is -0.310. The van der Waals surface area contributed by atoms with Gasteiger partial charge in [0.2, 0.25) is 0 Å². The molecule has 0 spiro atoms. The summed E-state index contributed by atoms with van der Waals surface area (Å²) in [6, 6.07) is 0. The van der Waals surface area contributed by atoms with Crippen LogP contribution in [-0.2, 0) is 0 Å². The normalized spacial score (nSPS) is 19.7. The highest BCUT2D eigenvalue weighted by molar-refractivity contribution is 6.62. The van der Waals surface area contributed by atoms with E-state index in [0.29, 0.717) is 25.4 Å². The molecule has 0 aromatic carbocycles. The second-order valence-corrected chi connectivity index (χ2v) is 3.48. The van der Waals surface area contributed by atoms with Gasteiger partial charge < -0.3 is 4.90 Å². The van der Waals surface area contributed by atoms with Gasteiger partial charge in [-0.2, -0.15) is 0 Å². The minimum Gasteiger partial charge on any atom is -0.329 e. The van der Waals surface area contributed by atoms with Gasteiger partial charge in [0, 0.05) is 13.1 Å². The first kappa shape index (κ1) is 9.78. The fourth-order valence-electron chi connectivity index (χ4n) is 1.55. The SMILES string of the molecule is O=C(Cl)N1CCC(CCF)CC1. The van der Waals surface area contributed by atoms with Crippen LogP contribution in [0.2, 0.25) is 0 Å². The van der Waals surface area contributed by atoms with Crippen LogP contribution in [0.4, 0.5) is 9.18 Å². The molecule has 1 heterocycles. The smallest absolute Gasteiger partial charge is 0.316 e. The maximum atomic E-state index is 11.9. The zero-order valence-electron chi connectivity index (χ0n) is 6.93. The fraction of sp³-hybridized carbons (Fsp3) is 0.875. The summed E-state index contributed by atoms with van der Waals surface area (Å²) in [4.78, 5) is 12.3. The van der Waals surface area contributed by atoms with E-state index in [-0.39, 0.29) is 12.0 Å². The third-order valence-electron chi connectivity index (χ3n) is 2.38. The van der Waals surface area contributed by atoms with E-state index in [1.165, 1.54) is 0 Å². The van der Waals surface area contributed by atoms with Gasteiger partial charge in [-0.15, -0.1) is 0 Å². The predicted molar refractivity (Wildman–Crippen MR) is 46.1 cm³/mol. The second-order valence-electron chi connectivity index (χ2n) is 3.16. The quantitative estimate of drug-likeness (QED) is 0.487. The predicted octanol–water partition coefficient (Wildman–Crippen LogP) is 2.42. The Bertz CT molecular complexity index is 157. The Morgan fingerprint density at radius 2 is 2.08 bits per heavy atom. The Balaban J connectivity index is 2.25. The molecule has 0 bridgehead atoms. The molecule has 1 amide bonds. The topological polar surface area (TPSA) is 20.3 Å². The summed E-state index contributed by atoms with van der Waals surface area (Å²) in [5.41, 5.74) is 0. The van der Waals surface area contributed by atoms with Gasteiger partial charge in [-0.25, -0.2) is 0 Å². The Labute approximate surface area is 76.7 Å². The summed E-state index contributed by atoms with van der Waals surface area (Å²) in [6.45, 7) is 1.12. The van der Waals surface area contributed by atoms with Gasteiger partial charge in [0.05, 0.1) is 6.67 Å². The molecule has 12 heavy (non-hydrogen) atoms. The van der Waals surface area contributed by atoms with Crippen LogP contribution in [0.25, 0.3) is 0 Å². The molecule has 0 aliphatic carbocycles. The van der Waals surface area contributed by atoms with Crippen LogP contribution in [0.15, 0.2) is 0 Å². The number of nitrogens with zero attached hydrogens (tertiary/aromatic N) is 1. The van der Waals surface area contributed by atoms with Crippen LogP contribution < -0.4 is 0 Å². The average Bonchev–Trinajstić information content (AvgIpc) is 2.06. The van der Waals surface area contributed by atoms with Crippen molar-refractivity contribution < 1.29 is 9.18 Å². The van der Waals surface area contributed by atoms with Crippen LogP contribution in [0, 0.1) is 5.92 Å². The standard InChI is InChI=1S/C8H13ClFNO/c9-8(12)11-5-2-7(1-4-10)3-6-11/h7H,1-6H2. The van der Waals surface area contributed by atoms with Gasteiger partial charge in [0.25, 0.3) is 0 Å². The second kappa shape index (κ2) is 4.65. The first-order valence-corrected chi connectivity index (χ1v) is 4.62.